The monoisotopic (exact) mass is 215 g/mol. The fourth-order valence-corrected chi connectivity index (χ4v) is 2.59. The van der Waals surface area contributed by atoms with Gasteiger partial charge in [-0.3, -0.25) is 0 Å². The normalized spacial score (nSPS) is 18.1. The average molecular weight is 215 g/mol. The zero-order valence-electron chi connectivity index (χ0n) is 9.69. The molecule has 1 saturated carbocycles. The smallest absolute Gasteiger partial charge is 0.158 e. The van der Waals surface area contributed by atoms with Crippen molar-refractivity contribution in [2.24, 2.45) is 0 Å². The number of nitrogens with zero attached hydrogens (tertiary/aromatic N) is 3. The van der Waals surface area contributed by atoms with E-state index in [1.54, 1.807) is 0 Å². The summed E-state index contributed by atoms with van der Waals surface area (Å²) in [7, 11) is 0. The van der Waals surface area contributed by atoms with Crippen molar-refractivity contribution in [2.75, 3.05) is 0 Å². The van der Waals surface area contributed by atoms with Crippen LogP contribution in [0.15, 0.2) is 18.3 Å². The van der Waals surface area contributed by atoms with E-state index in [2.05, 4.69) is 23.1 Å². The maximum Gasteiger partial charge on any atom is 0.158 e. The van der Waals surface area contributed by atoms with Crippen LogP contribution in [-0.4, -0.2) is 14.6 Å². The maximum absolute atomic E-state index is 4.69. The minimum absolute atomic E-state index is 0.591. The van der Waals surface area contributed by atoms with Gasteiger partial charge in [0, 0.05) is 12.1 Å². The zero-order chi connectivity index (χ0) is 11.0. The van der Waals surface area contributed by atoms with Crippen molar-refractivity contribution in [3.63, 3.8) is 0 Å². The Kier molecular flexibility index (Phi) is 2.39. The van der Waals surface area contributed by atoms with Gasteiger partial charge in [-0.25, -0.2) is 9.50 Å². The highest BCUT2D eigenvalue weighted by molar-refractivity contribution is 5.45. The topological polar surface area (TPSA) is 30.2 Å². The van der Waals surface area contributed by atoms with Crippen LogP contribution in [0.5, 0.6) is 0 Å². The van der Waals surface area contributed by atoms with Crippen LogP contribution in [0.1, 0.15) is 49.4 Å². The highest BCUT2D eigenvalue weighted by atomic mass is 15.3. The van der Waals surface area contributed by atoms with Gasteiger partial charge in [-0.15, -0.1) is 0 Å². The molecule has 1 aliphatic carbocycles. The second kappa shape index (κ2) is 3.89. The molecule has 0 radical (unpaired) electrons. The summed E-state index contributed by atoms with van der Waals surface area (Å²) in [6.07, 6.45) is 8.55. The van der Waals surface area contributed by atoms with Crippen molar-refractivity contribution in [3.05, 3.63) is 29.7 Å². The summed E-state index contributed by atoms with van der Waals surface area (Å²) < 4.78 is 1.92. The molecule has 0 amide bonds. The Bertz CT molecular complexity index is 495. The molecule has 0 bridgehead atoms. The second-order valence-electron chi connectivity index (χ2n) is 4.76. The molecular weight excluding hydrogens is 198 g/mol. The molecule has 2 heterocycles. The number of hydrogen-bond donors (Lipinski definition) is 0. The summed E-state index contributed by atoms with van der Waals surface area (Å²) in [5.74, 6) is 1.64. The quantitative estimate of drug-likeness (QED) is 0.731. The van der Waals surface area contributed by atoms with Crippen molar-refractivity contribution >= 4 is 5.65 Å². The van der Waals surface area contributed by atoms with E-state index in [-0.39, 0.29) is 0 Å². The van der Waals surface area contributed by atoms with Crippen molar-refractivity contribution < 1.29 is 0 Å². The van der Waals surface area contributed by atoms with Crippen LogP contribution in [0, 0.1) is 6.92 Å². The predicted octanol–water partition coefficient (Wildman–Crippen LogP) is 3.09. The molecular formula is C13H17N3. The first-order valence-corrected chi connectivity index (χ1v) is 6.16. The van der Waals surface area contributed by atoms with E-state index in [0.29, 0.717) is 5.92 Å². The van der Waals surface area contributed by atoms with Gasteiger partial charge >= 0.3 is 0 Å². The van der Waals surface area contributed by atoms with Gasteiger partial charge in [0.15, 0.2) is 11.5 Å². The third-order valence-corrected chi connectivity index (χ3v) is 3.54. The van der Waals surface area contributed by atoms with Gasteiger partial charge in [0.2, 0.25) is 0 Å². The lowest BCUT2D eigenvalue weighted by Crippen LogP contribution is -2.06. The van der Waals surface area contributed by atoms with E-state index in [0.717, 1.165) is 11.5 Å². The fraction of sp³-hybridized carbons (Fsp3) is 0.538. The first kappa shape index (κ1) is 9.82. The fourth-order valence-electron chi connectivity index (χ4n) is 2.59. The number of aryl methyl sites for hydroxylation is 1. The average Bonchev–Trinajstić information content (AvgIpc) is 2.76. The highest BCUT2D eigenvalue weighted by Gasteiger charge is 2.19. The number of fused-ring (bicyclic) bond motifs is 1. The van der Waals surface area contributed by atoms with Crippen LogP contribution >= 0.6 is 0 Å². The van der Waals surface area contributed by atoms with Crippen LogP contribution in [0.4, 0.5) is 0 Å². The van der Waals surface area contributed by atoms with E-state index >= 15 is 0 Å². The van der Waals surface area contributed by atoms with Crippen LogP contribution in [0.25, 0.3) is 5.65 Å². The molecule has 0 saturated heterocycles. The van der Waals surface area contributed by atoms with Gasteiger partial charge < -0.3 is 0 Å². The van der Waals surface area contributed by atoms with E-state index < -0.39 is 0 Å². The molecule has 0 unspecified atom stereocenters. The highest BCUT2D eigenvalue weighted by Crippen LogP contribution is 2.30. The summed E-state index contributed by atoms with van der Waals surface area (Å²) in [5, 5.41) is 4.60. The third kappa shape index (κ3) is 1.60. The molecule has 3 nitrogen and oxygen atoms in total. The summed E-state index contributed by atoms with van der Waals surface area (Å²) >= 11 is 0. The Morgan fingerprint density at radius 1 is 1.25 bits per heavy atom. The van der Waals surface area contributed by atoms with Gasteiger partial charge in [-0.2, -0.15) is 5.10 Å². The van der Waals surface area contributed by atoms with Crippen molar-refractivity contribution in [2.45, 2.75) is 44.9 Å². The lowest BCUT2D eigenvalue weighted by Gasteiger charge is -2.17. The molecule has 3 rings (SSSR count). The van der Waals surface area contributed by atoms with Gasteiger partial charge in [0.1, 0.15) is 0 Å². The molecule has 0 N–H and O–H groups in total. The van der Waals surface area contributed by atoms with E-state index in [4.69, 9.17) is 0 Å². The molecule has 1 aliphatic rings. The third-order valence-electron chi connectivity index (χ3n) is 3.54. The molecule has 2 aromatic rings. The first-order chi connectivity index (χ1) is 7.84. The van der Waals surface area contributed by atoms with Crippen LogP contribution < -0.4 is 0 Å². The molecule has 16 heavy (non-hydrogen) atoms. The predicted molar refractivity (Wildman–Crippen MR) is 63.6 cm³/mol. The van der Waals surface area contributed by atoms with Gasteiger partial charge in [-0.05, 0) is 31.4 Å². The van der Waals surface area contributed by atoms with Crippen molar-refractivity contribution in [1.29, 1.82) is 0 Å². The standard InChI is InChI=1S/C13H17N3/c1-10-6-5-9-16-13(10)14-12(15-16)11-7-3-2-4-8-11/h5-6,9,11H,2-4,7-8H2,1H3. The van der Waals surface area contributed by atoms with E-state index in [1.165, 1.54) is 37.7 Å². The van der Waals surface area contributed by atoms with Crippen LogP contribution in [-0.2, 0) is 0 Å². The van der Waals surface area contributed by atoms with Crippen molar-refractivity contribution in [1.82, 2.24) is 14.6 Å². The number of pyridine rings is 1. The van der Waals surface area contributed by atoms with E-state index in [9.17, 15) is 0 Å². The Hall–Kier alpha value is -1.38. The van der Waals surface area contributed by atoms with Crippen molar-refractivity contribution in [3.8, 4) is 0 Å². The van der Waals surface area contributed by atoms with Gasteiger partial charge in [-0.1, -0.05) is 25.3 Å². The largest absolute Gasteiger partial charge is 0.221 e. The van der Waals surface area contributed by atoms with Gasteiger partial charge in [0.25, 0.3) is 0 Å². The Morgan fingerprint density at radius 2 is 2.06 bits per heavy atom. The number of hydrogen-bond acceptors (Lipinski definition) is 2. The molecule has 84 valence electrons. The minimum Gasteiger partial charge on any atom is -0.221 e. The zero-order valence-corrected chi connectivity index (χ0v) is 9.69. The first-order valence-electron chi connectivity index (χ1n) is 6.16. The molecule has 0 spiro atoms. The van der Waals surface area contributed by atoms with Crippen LogP contribution in [0.2, 0.25) is 0 Å². The summed E-state index contributed by atoms with van der Waals surface area (Å²) in [4.78, 5) is 4.69. The number of rotatable bonds is 1. The Labute approximate surface area is 95.5 Å². The van der Waals surface area contributed by atoms with Gasteiger partial charge in [0.05, 0.1) is 0 Å². The summed E-state index contributed by atoms with van der Waals surface area (Å²) in [6, 6.07) is 4.12. The lowest BCUT2D eigenvalue weighted by molar-refractivity contribution is 0.429. The van der Waals surface area contributed by atoms with E-state index in [1.807, 2.05) is 16.8 Å². The second-order valence-corrected chi connectivity index (χ2v) is 4.76. The SMILES string of the molecule is Cc1cccn2nc(C3CCCCC3)nc12. The molecule has 0 aromatic carbocycles. The molecule has 1 fully saturated rings. The summed E-state index contributed by atoms with van der Waals surface area (Å²) in [6.45, 7) is 2.09. The lowest BCUT2D eigenvalue weighted by atomic mass is 9.89. The molecule has 0 atom stereocenters. The molecule has 3 heteroatoms. The summed E-state index contributed by atoms with van der Waals surface area (Å²) in [5.41, 5.74) is 2.22. The van der Waals surface area contributed by atoms with Crippen LogP contribution in [0.3, 0.4) is 0 Å². The molecule has 0 aliphatic heterocycles. The minimum atomic E-state index is 0.591. The Balaban J connectivity index is 2.01. The maximum atomic E-state index is 4.69. The molecule has 2 aromatic heterocycles. The number of aromatic nitrogens is 3. The Morgan fingerprint density at radius 3 is 2.81 bits per heavy atom.